The summed E-state index contributed by atoms with van der Waals surface area (Å²) in [6.07, 6.45) is 5.31. The first kappa shape index (κ1) is 17.2. The SMILES string of the molecule is CCc1nccn1CC(=O)N1CCC2(CC1)c1ccccc1[C@@H](N)[C@@H]2O. The number of carbonyl (C=O) groups excluding carboxylic acids is 1. The molecule has 138 valence electrons. The number of nitrogens with two attached hydrogens (primary N) is 1. The highest BCUT2D eigenvalue weighted by Gasteiger charge is 2.51. The lowest BCUT2D eigenvalue weighted by Gasteiger charge is -2.42. The van der Waals surface area contributed by atoms with E-state index in [1.807, 2.05) is 40.8 Å². The average Bonchev–Trinajstić information content (AvgIpc) is 3.20. The third kappa shape index (κ3) is 2.56. The predicted molar refractivity (Wildman–Crippen MR) is 98.5 cm³/mol. The van der Waals surface area contributed by atoms with Crippen molar-refractivity contribution in [1.29, 1.82) is 0 Å². The number of amides is 1. The first-order valence-electron chi connectivity index (χ1n) is 9.37. The molecule has 1 aliphatic carbocycles. The molecule has 2 aliphatic rings. The minimum absolute atomic E-state index is 0.109. The summed E-state index contributed by atoms with van der Waals surface area (Å²) < 4.78 is 1.92. The van der Waals surface area contributed by atoms with Crippen LogP contribution in [0.25, 0.3) is 0 Å². The van der Waals surface area contributed by atoms with E-state index in [2.05, 4.69) is 11.1 Å². The summed E-state index contributed by atoms with van der Waals surface area (Å²) >= 11 is 0. The molecule has 1 aromatic heterocycles. The van der Waals surface area contributed by atoms with E-state index in [4.69, 9.17) is 5.73 Å². The summed E-state index contributed by atoms with van der Waals surface area (Å²) in [5, 5.41) is 10.9. The molecule has 1 fully saturated rings. The third-order valence-corrected chi connectivity index (χ3v) is 6.19. The second-order valence-electron chi connectivity index (χ2n) is 7.42. The van der Waals surface area contributed by atoms with Crippen molar-refractivity contribution in [2.75, 3.05) is 13.1 Å². The van der Waals surface area contributed by atoms with E-state index >= 15 is 0 Å². The number of aliphatic hydroxyl groups excluding tert-OH is 1. The second-order valence-corrected chi connectivity index (χ2v) is 7.42. The predicted octanol–water partition coefficient (Wildman–Crippen LogP) is 1.38. The Morgan fingerprint density at radius 2 is 2.08 bits per heavy atom. The van der Waals surface area contributed by atoms with Gasteiger partial charge in [-0.05, 0) is 24.0 Å². The van der Waals surface area contributed by atoms with Gasteiger partial charge in [-0.15, -0.1) is 0 Å². The van der Waals surface area contributed by atoms with E-state index in [1.165, 1.54) is 0 Å². The monoisotopic (exact) mass is 354 g/mol. The molecule has 1 aliphatic heterocycles. The Morgan fingerprint density at radius 1 is 1.35 bits per heavy atom. The topological polar surface area (TPSA) is 84.4 Å². The molecule has 1 saturated heterocycles. The van der Waals surface area contributed by atoms with Crippen LogP contribution < -0.4 is 5.73 Å². The second kappa shape index (κ2) is 6.52. The van der Waals surface area contributed by atoms with Crippen molar-refractivity contribution in [1.82, 2.24) is 14.5 Å². The van der Waals surface area contributed by atoms with E-state index in [0.717, 1.165) is 36.2 Å². The van der Waals surface area contributed by atoms with Crippen LogP contribution in [0.1, 0.15) is 42.8 Å². The molecular formula is C20H26N4O2. The average molecular weight is 354 g/mol. The van der Waals surface area contributed by atoms with Gasteiger partial charge in [0.25, 0.3) is 0 Å². The van der Waals surface area contributed by atoms with E-state index in [-0.39, 0.29) is 17.4 Å². The maximum atomic E-state index is 12.7. The summed E-state index contributed by atoms with van der Waals surface area (Å²) in [6, 6.07) is 7.74. The minimum Gasteiger partial charge on any atom is -0.390 e. The summed E-state index contributed by atoms with van der Waals surface area (Å²) in [6.45, 7) is 3.66. The van der Waals surface area contributed by atoms with Gasteiger partial charge in [-0.3, -0.25) is 4.79 Å². The summed E-state index contributed by atoms with van der Waals surface area (Å²) in [7, 11) is 0. The van der Waals surface area contributed by atoms with Crippen LogP contribution in [0.5, 0.6) is 0 Å². The molecule has 2 heterocycles. The number of rotatable bonds is 3. The first-order chi connectivity index (χ1) is 12.6. The molecule has 0 bridgehead atoms. The van der Waals surface area contributed by atoms with Gasteiger partial charge in [0, 0.05) is 37.3 Å². The molecule has 6 nitrogen and oxygen atoms in total. The van der Waals surface area contributed by atoms with Crippen molar-refractivity contribution in [3.8, 4) is 0 Å². The van der Waals surface area contributed by atoms with Crippen molar-refractivity contribution in [3.05, 3.63) is 53.6 Å². The Balaban J connectivity index is 1.48. The lowest BCUT2D eigenvalue weighted by molar-refractivity contribution is -0.134. The summed E-state index contributed by atoms with van der Waals surface area (Å²) in [5.74, 6) is 1.04. The fraction of sp³-hybridized carbons (Fsp3) is 0.500. The number of hydrogen-bond acceptors (Lipinski definition) is 4. The highest BCUT2D eigenvalue weighted by atomic mass is 16.3. The van der Waals surface area contributed by atoms with Gasteiger partial charge in [-0.25, -0.2) is 4.98 Å². The summed E-state index contributed by atoms with van der Waals surface area (Å²) in [4.78, 5) is 18.9. The highest BCUT2D eigenvalue weighted by Crippen LogP contribution is 2.49. The quantitative estimate of drug-likeness (QED) is 0.872. The van der Waals surface area contributed by atoms with Crippen LogP contribution in [-0.4, -0.2) is 44.7 Å². The molecule has 4 rings (SSSR count). The van der Waals surface area contributed by atoms with Gasteiger partial charge in [-0.1, -0.05) is 31.2 Å². The summed E-state index contributed by atoms with van der Waals surface area (Å²) in [5.41, 5.74) is 8.16. The normalized spacial score (nSPS) is 24.0. The fourth-order valence-corrected chi connectivity index (χ4v) is 4.68. The van der Waals surface area contributed by atoms with E-state index < -0.39 is 6.10 Å². The van der Waals surface area contributed by atoms with Gasteiger partial charge in [0.2, 0.25) is 5.91 Å². The van der Waals surface area contributed by atoms with Crippen LogP contribution in [0.3, 0.4) is 0 Å². The maximum absolute atomic E-state index is 12.7. The zero-order valence-corrected chi connectivity index (χ0v) is 15.1. The number of hydrogen-bond donors (Lipinski definition) is 2. The van der Waals surface area contributed by atoms with Gasteiger partial charge in [0.05, 0.1) is 12.1 Å². The van der Waals surface area contributed by atoms with Crippen molar-refractivity contribution >= 4 is 5.91 Å². The van der Waals surface area contributed by atoms with Crippen LogP contribution in [0.4, 0.5) is 0 Å². The molecule has 1 aromatic carbocycles. The van der Waals surface area contributed by atoms with Crippen LogP contribution >= 0.6 is 0 Å². The van der Waals surface area contributed by atoms with Crippen molar-refractivity contribution < 1.29 is 9.90 Å². The molecule has 26 heavy (non-hydrogen) atoms. The van der Waals surface area contributed by atoms with Gasteiger partial charge in [0.15, 0.2) is 0 Å². The number of aromatic nitrogens is 2. The van der Waals surface area contributed by atoms with E-state index in [1.54, 1.807) is 6.20 Å². The number of imidazole rings is 1. The highest BCUT2D eigenvalue weighted by molar-refractivity contribution is 5.76. The molecule has 0 unspecified atom stereocenters. The lowest BCUT2D eigenvalue weighted by Crippen LogP contribution is -2.50. The van der Waals surface area contributed by atoms with Crippen LogP contribution in [0.15, 0.2) is 36.7 Å². The fourth-order valence-electron chi connectivity index (χ4n) is 4.68. The van der Waals surface area contributed by atoms with Crippen LogP contribution in [-0.2, 0) is 23.2 Å². The van der Waals surface area contributed by atoms with Crippen LogP contribution in [0.2, 0.25) is 0 Å². The molecule has 0 radical (unpaired) electrons. The Hall–Kier alpha value is -2.18. The number of nitrogens with zero attached hydrogens (tertiary/aromatic N) is 3. The molecule has 2 atom stereocenters. The molecule has 0 saturated carbocycles. The molecule has 1 spiro atoms. The Kier molecular flexibility index (Phi) is 4.32. The number of piperidine rings is 1. The van der Waals surface area contributed by atoms with Gasteiger partial charge in [0.1, 0.15) is 12.4 Å². The number of carbonyl (C=O) groups is 1. The number of benzene rings is 1. The lowest BCUT2D eigenvalue weighted by atomic mass is 9.72. The number of aliphatic hydroxyl groups is 1. The van der Waals surface area contributed by atoms with Crippen molar-refractivity contribution in [2.45, 2.75) is 50.3 Å². The van der Waals surface area contributed by atoms with E-state index in [0.29, 0.717) is 19.6 Å². The van der Waals surface area contributed by atoms with Gasteiger partial charge >= 0.3 is 0 Å². The molecular weight excluding hydrogens is 328 g/mol. The smallest absolute Gasteiger partial charge is 0.242 e. The molecule has 3 N–H and O–H groups in total. The minimum atomic E-state index is -0.586. The van der Waals surface area contributed by atoms with Gasteiger partial charge in [-0.2, -0.15) is 0 Å². The Morgan fingerprint density at radius 3 is 2.81 bits per heavy atom. The number of fused-ring (bicyclic) bond motifs is 2. The van der Waals surface area contributed by atoms with E-state index in [9.17, 15) is 9.90 Å². The molecule has 2 aromatic rings. The molecule has 1 amide bonds. The zero-order chi connectivity index (χ0) is 18.3. The largest absolute Gasteiger partial charge is 0.390 e. The number of aryl methyl sites for hydroxylation is 1. The Labute approximate surface area is 153 Å². The van der Waals surface area contributed by atoms with Crippen molar-refractivity contribution in [3.63, 3.8) is 0 Å². The molecule has 6 heteroatoms. The third-order valence-electron chi connectivity index (χ3n) is 6.19. The number of likely N-dealkylation sites (tertiary alicyclic amines) is 1. The van der Waals surface area contributed by atoms with Gasteiger partial charge < -0.3 is 20.3 Å². The standard InChI is InChI=1S/C20H26N4O2/c1-2-16-22-9-12-24(16)13-17(25)23-10-7-20(8-11-23)15-6-4-3-5-14(15)18(21)19(20)26/h3-6,9,12,18-19,26H,2,7-8,10-11,13,21H2,1H3/t18-,19+/m1/s1. The van der Waals surface area contributed by atoms with Crippen LogP contribution in [0, 0.1) is 0 Å². The Bertz CT molecular complexity index is 808. The zero-order valence-electron chi connectivity index (χ0n) is 15.1. The van der Waals surface area contributed by atoms with Crippen molar-refractivity contribution in [2.24, 2.45) is 5.73 Å². The first-order valence-corrected chi connectivity index (χ1v) is 9.37. The maximum Gasteiger partial charge on any atom is 0.242 e.